The van der Waals surface area contributed by atoms with Crippen molar-refractivity contribution in [3.63, 3.8) is 0 Å². The molecule has 1 saturated heterocycles. The summed E-state index contributed by atoms with van der Waals surface area (Å²) >= 11 is 0. The van der Waals surface area contributed by atoms with Crippen LogP contribution in [-0.4, -0.2) is 42.2 Å². The fourth-order valence-corrected chi connectivity index (χ4v) is 1.61. The molecule has 1 aliphatic rings. The molecule has 1 heterocycles. The van der Waals surface area contributed by atoms with E-state index in [-0.39, 0.29) is 17.9 Å². The van der Waals surface area contributed by atoms with E-state index in [0.29, 0.717) is 6.54 Å². The normalized spacial score (nSPS) is 30.8. The van der Waals surface area contributed by atoms with Crippen molar-refractivity contribution in [3.05, 3.63) is 0 Å². The lowest BCUT2D eigenvalue weighted by molar-refractivity contribution is -0.119. The summed E-state index contributed by atoms with van der Waals surface area (Å²) in [7, 11) is 0. The minimum atomic E-state index is -0.294. The van der Waals surface area contributed by atoms with Crippen molar-refractivity contribution in [2.24, 2.45) is 11.1 Å². The van der Waals surface area contributed by atoms with E-state index in [0.717, 1.165) is 19.5 Å². The summed E-state index contributed by atoms with van der Waals surface area (Å²) in [6.07, 6.45) is 0.941. The number of rotatable bonds is 3. The van der Waals surface area contributed by atoms with Crippen molar-refractivity contribution in [1.82, 2.24) is 4.90 Å². The highest BCUT2D eigenvalue weighted by Crippen LogP contribution is 2.28. The number of carbonyl (C=O) groups is 1. The Morgan fingerprint density at radius 1 is 1.75 bits per heavy atom. The molecule has 0 aromatic heterocycles. The average Bonchev–Trinajstić information content (AvgIpc) is 2.32. The Hall–Kier alpha value is -0.610. The van der Waals surface area contributed by atoms with E-state index < -0.39 is 0 Å². The lowest BCUT2D eigenvalue weighted by atomic mass is 9.91. The fraction of sp³-hybridized carbons (Fsp3) is 0.875. The van der Waals surface area contributed by atoms with Gasteiger partial charge >= 0.3 is 0 Å². The van der Waals surface area contributed by atoms with Crippen LogP contribution in [0.15, 0.2) is 0 Å². The van der Waals surface area contributed by atoms with Crippen LogP contribution >= 0.6 is 0 Å². The maximum atomic E-state index is 10.6. The van der Waals surface area contributed by atoms with Gasteiger partial charge in [0.15, 0.2) is 0 Å². The number of aliphatic hydroxyl groups excluding tert-OH is 1. The standard InChI is InChI=1S/C8H16N2O2/c1-8(6-11)2-3-10(5-8)4-7(9)12/h11H,2-6H2,1H3,(H2,9,12). The summed E-state index contributed by atoms with van der Waals surface area (Å²) in [6, 6.07) is 0. The Kier molecular flexibility index (Phi) is 2.69. The van der Waals surface area contributed by atoms with E-state index in [9.17, 15) is 4.79 Å². The van der Waals surface area contributed by atoms with Gasteiger partial charge in [-0.15, -0.1) is 0 Å². The Balaban J connectivity index is 2.40. The molecule has 1 fully saturated rings. The van der Waals surface area contributed by atoms with Crippen LogP contribution in [0.5, 0.6) is 0 Å². The van der Waals surface area contributed by atoms with Gasteiger partial charge < -0.3 is 10.8 Å². The molecular formula is C8H16N2O2. The lowest BCUT2D eigenvalue weighted by Gasteiger charge is -2.20. The molecule has 1 unspecified atom stereocenters. The minimum Gasteiger partial charge on any atom is -0.396 e. The molecule has 0 radical (unpaired) electrons. The first-order valence-electron chi connectivity index (χ1n) is 4.17. The van der Waals surface area contributed by atoms with Crippen molar-refractivity contribution in [3.8, 4) is 0 Å². The summed E-state index contributed by atoms with van der Waals surface area (Å²) in [5.74, 6) is -0.294. The predicted molar refractivity (Wildman–Crippen MR) is 45.4 cm³/mol. The Morgan fingerprint density at radius 3 is 2.83 bits per heavy atom. The minimum absolute atomic E-state index is 0.0323. The summed E-state index contributed by atoms with van der Waals surface area (Å²) < 4.78 is 0. The van der Waals surface area contributed by atoms with Gasteiger partial charge in [-0.3, -0.25) is 9.69 Å². The van der Waals surface area contributed by atoms with E-state index in [1.54, 1.807) is 0 Å². The van der Waals surface area contributed by atoms with Crippen LogP contribution < -0.4 is 5.73 Å². The lowest BCUT2D eigenvalue weighted by Crippen LogP contribution is -2.34. The van der Waals surface area contributed by atoms with E-state index in [1.165, 1.54) is 0 Å². The van der Waals surface area contributed by atoms with Gasteiger partial charge in [0.2, 0.25) is 5.91 Å². The van der Waals surface area contributed by atoms with Gasteiger partial charge in [-0.1, -0.05) is 6.92 Å². The van der Waals surface area contributed by atoms with Crippen LogP contribution in [0.25, 0.3) is 0 Å². The number of nitrogens with two attached hydrogens (primary N) is 1. The highest BCUT2D eigenvalue weighted by Gasteiger charge is 2.33. The first-order valence-corrected chi connectivity index (χ1v) is 4.17. The highest BCUT2D eigenvalue weighted by molar-refractivity contribution is 5.75. The third-order valence-corrected chi connectivity index (χ3v) is 2.40. The molecule has 1 atom stereocenters. The van der Waals surface area contributed by atoms with Gasteiger partial charge in [-0.25, -0.2) is 0 Å². The molecule has 1 aliphatic heterocycles. The van der Waals surface area contributed by atoms with Crippen LogP contribution in [0.1, 0.15) is 13.3 Å². The average molecular weight is 172 g/mol. The van der Waals surface area contributed by atoms with Crippen LogP contribution in [-0.2, 0) is 4.79 Å². The van der Waals surface area contributed by atoms with E-state index in [1.807, 2.05) is 11.8 Å². The predicted octanol–water partition coefficient (Wildman–Crippen LogP) is -0.824. The number of nitrogens with zero attached hydrogens (tertiary/aromatic N) is 1. The van der Waals surface area contributed by atoms with Crippen LogP contribution in [0.3, 0.4) is 0 Å². The molecular weight excluding hydrogens is 156 g/mol. The van der Waals surface area contributed by atoms with Gasteiger partial charge in [-0.2, -0.15) is 0 Å². The van der Waals surface area contributed by atoms with Crippen molar-refractivity contribution in [2.45, 2.75) is 13.3 Å². The molecule has 4 heteroatoms. The number of carbonyl (C=O) groups excluding carboxylic acids is 1. The number of hydrogen-bond acceptors (Lipinski definition) is 3. The maximum Gasteiger partial charge on any atom is 0.231 e. The zero-order chi connectivity index (χ0) is 9.19. The highest BCUT2D eigenvalue weighted by atomic mass is 16.3. The zero-order valence-corrected chi connectivity index (χ0v) is 7.42. The smallest absolute Gasteiger partial charge is 0.231 e. The first kappa shape index (κ1) is 9.48. The first-order chi connectivity index (χ1) is 5.56. The quantitative estimate of drug-likeness (QED) is 0.584. The molecule has 1 amide bonds. The molecule has 0 saturated carbocycles. The van der Waals surface area contributed by atoms with Crippen LogP contribution in [0.2, 0.25) is 0 Å². The molecule has 0 bridgehead atoms. The number of amides is 1. The number of aliphatic hydroxyl groups is 1. The fourth-order valence-electron chi connectivity index (χ4n) is 1.61. The molecule has 0 aromatic carbocycles. The zero-order valence-electron chi connectivity index (χ0n) is 7.42. The molecule has 1 rings (SSSR count). The second kappa shape index (κ2) is 3.41. The van der Waals surface area contributed by atoms with Gasteiger partial charge in [0.05, 0.1) is 6.54 Å². The molecule has 12 heavy (non-hydrogen) atoms. The topological polar surface area (TPSA) is 66.6 Å². The second-order valence-corrected chi connectivity index (χ2v) is 3.90. The van der Waals surface area contributed by atoms with Crippen molar-refractivity contribution >= 4 is 5.91 Å². The summed E-state index contributed by atoms with van der Waals surface area (Å²) in [4.78, 5) is 12.6. The summed E-state index contributed by atoms with van der Waals surface area (Å²) in [5, 5.41) is 9.03. The van der Waals surface area contributed by atoms with Gasteiger partial charge in [-0.05, 0) is 13.0 Å². The van der Waals surface area contributed by atoms with Gasteiger partial charge in [0.25, 0.3) is 0 Å². The monoisotopic (exact) mass is 172 g/mol. The SMILES string of the molecule is CC1(CO)CCN(CC(N)=O)C1. The van der Waals surface area contributed by atoms with Crippen molar-refractivity contribution < 1.29 is 9.90 Å². The van der Waals surface area contributed by atoms with Gasteiger partial charge in [0.1, 0.15) is 0 Å². The van der Waals surface area contributed by atoms with E-state index in [4.69, 9.17) is 10.8 Å². The Morgan fingerprint density at radius 2 is 2.42 bits per heavy atom. The van der Waals surface area contributed by atoms with E-state index >= 15 is 0 Å². The Labute approximate surface area is 72.3 Å². The molecule has 4 nitrogen and oxygen atoms in total. The van der Waals surface area contributed by atoms with Crippen molar-refractivity contribution in [1.29, 1.82) is 0 Å². The number of likely N-dealkylation sites (tertiary alicyclic amines) is 1. The third kappa shape index (κ3) is 2.19. The van der Waals surface area contributed by atoms with Gasteiger partial charge in [0, 0.05) is 18.6 Å². The second-order valence-electron chi connectivity index (χ2n) is 3.90. The molecule has 0 aromatic rings. The van der Waals surface area contributed by atoms with Crippen LogP contribution in [0, 0.1) is 5.41 Å². The Bertz CT molecular complexity index is 184. The summed E-state index contributed by atoms with van der Waals surface area (Å²) in [5.41, 5.74) is 5.03. The van der Waals surface area contributed by atoms with Crippen LogP contribution in [0.4, 0.5) is 0 Å². The number of hydrogen-bond donors (Lipinski definition) is 2. The molecule has 0 spiro atoms. The molecule has 3 N–H and O–H groups in total. The summed E-state index contributed by atoms with van der Waals surface area (Å²) in [6.45, 7) is 4.15. The third-order valence-electron chi connectivity index (χ3n) is 2.40. The maximum absolute atomic E-state index is 10.6. The molecule has 0 aliphatic carbocycles. The van der Waals surface area contributed by atoms with Crippen molar-refractivity contribution in [2.75, 3.05) is 26.2 Å². The van der Waals surface area contributed by atoms with E-state index in [2.05, 4.69) is 0 Å². The largest absolute Gasteiger partial charge is 0.396 e. The number of primary amides is 1. The molecule has 70 valence electrons.